The molecule has 1 aromatic heterocycles. The average molecular weight is 306 g/mol. The van der Waals surface area contributed by atoms with Gasteiger partial charge in [-0.05, 0) is 24.3 Å². The van der Waals surface area contributed by atoms with Gasteiger partial charge in [0.2, 0.25) is 0 Å². The third-order valence-electron chi connectivity index (χ3n) is 3.26. The van der Waals surface area contributed by atoms with Crippen LogP contribution in [0.5, 0.6) is 0 Å². The van der Waals surface area contributed by atoms with Gasteiger partial charge in [0, 0.05) is 28.8 Å². The highest BCUT2D eigenvalue weighted by Crippen LogP contribution is 2.23. The summed E-state index contributed by atoms with van der Waals surface area (Å²) in [5, 5.41) is 20.5. The summed E-state index contributed by atoms with van der Waals surface area (Å²) in [6.07, 6.45) is 5.32. The van der Waals surface area contributed by atoms with E-state index in [0.29, 0.717) is 22.2 Å². The normalized spacial score (nSPS) is 10.2. The second-order valence-electron chi connectivity index (χ2n) is 4.74. The number of non-ortho nitro benzene ring substituents is 1. The minimum atomic E-state index is -0.523. The molecule has 3 aromatic rings. The summed E-state index contributed by atoms with van der Waals surface area (Å²) in [7, 11) is 0. The Morgan fingerprint density at radius 3 is 2.87 bits per heavy atom. The van der Waals surface area contributed by atoms with E-state index in [9.17, 15) is 14.9 Å². The minimum absolute atomic E-state index is 0.0785. The quantitative estimate of drug-likeness (QED) is 0.441. The summed E-state index contributed by atoms with van der Waals surface area (Å²) >= 11 is 0. The Morgan fingerprint density at radius 1 is 1.30 bits per heavy atom. The van der Waals surface area contributed by atoms with Crippen LogP contribution in [-0.2, 0) is 0 Å². The number of nitrogens with one attached hydrogen (secondary N) is 2. The van der Waals surface area contributed by atoms with Crippen LogP contribution < -0.4 is 5.32 Å². The molecule has 112 valence electrons. The number of fused-ring (bicyclic) bond motifs is 1. The van der Waals surface area contributed by atoms with Crippen molar-refractivity contribution in [2.45, 2.75) is 0 Å². The van der Waals surface area contributed by atoms with Crippen molar-refractivity contribution in [3.63, 3.8) is 0 Å². The van der Waals surface area contributed by atoms with Crippen LogP contribution in [-0.4, -0.2) is 21.0 Å². The minimum Gasteiger partial charge on any atom is -0.321 e. The molecule has 0 radical (unpaired) electrons. The number of H-pyrrole nitrogens is 1. The topological polar surface area (TPSA) is 101 Å². The fraction of sp³-hybridized carbons (Fsp3) is 0. The number of carbonyl (C=O) groups is 1. The monoisotopic (exact) mass is 306 g/mol. The fourth-order valence-electron chi connectivity index (χ4n) is 2.17. The lowest BCUT2D eigenvalue weighted by Crippen LogP contribution is -2.12. The number of aromatic nitrogens is 2. The molecular formula is C16H10N4O3. The van der Waals surface area contributed by atoms with E-state index in [2.05, 4.69) is 21.4 Å². The Labute approximate surface area is 130 Å². The number of anilines is 1. The highest BCUT2D eigenvalue weighted by molar-refractivity contribution is 6.11. The largest absolute Gasteiger partial charge is 0.321 e. The second kappa shape index (κ2) is 5.61. The molecule has 23 heavy (non-hydrogen) atoms. The fourth-order valence-corrected chi connectivity index (χ4v) is 2.17. The summed E-state index contributed by atoms with van der Waals surface area (Å²) in [5.41, 5.74) is 1.66. The number of hydrogen-bond acceptors (Lipinski definition) is 4. The highest BCUT2D eigenvalue weighted by Gasteiger charge is 2.17. The maximum absolute atomic E-state index is 12.4. The van der Waals surface area contributed by atoms with Crippen molar-refractivity contribution < 1.29 is 9.72 Å². The Morgan fingerprint density at radius 2 is 2.13 bits per heavy atom. The summed E-state index contributed by atoms with van der Waals surface area (Å²) in [4.78, 5) is 22.7. The van der Waals surface area contributed by atoms with Crippen molar-refractivity contribution in [1.82, 2.24) is 10.2 Å². The van der Waals surface area contributed by atoms with Gasteiger partial charge in [0.1, 0.15) is 0 Å². The lowest BCUT2D eigenvalue weighted by molar-refractivity contribution is -0.384. The average Bonchev–Trinajstić information content (AvgIpc) is 2.98. The molecule has 0 spiro atoms. The number of benzene rings is 2. The van der Waals surface area contributed by atoms with E-state index in [1.807, 2.05) is 0 Å². The highest BCUT2D eigenvalue weighted by atomic mass is 16.6. The van der Waals surface area contributed by atoms with Crippen LogP contribution in [0.2, 0.25) is 0 Å². The molecule has 2 N–H and O–H groups in total. The van der Waals surface area contributed by atoms with Gasteiger partial charge < -0.3 is 5.32 Å². The lowest BCUT2D eigenvalue weighted by Gasteiger charge is -2.04. The van der Waals surface area contributed by atoms with Crippen molar-refractivity contribution in [3.05, 3.63) is 63.8 Å². The zero-order chi connectivity index (χ0) is 16.4. The van der Waals surface area contributed by atoms with Crippen LogP contribution in [0.4, 0.5) is 11.4 Å². The molecule has 7 heteroatoms. The number of nitro groups is 1. The van der Waals surface area contributed by atoms with Gasteiger partial charge >= 0.3 is 0 Å². The molecule has 0 unspecified atom stereocenters. The first kappa shape index (κ1) is 14.3. The molecular weight excluding hydrogens is 296 g/mol. The molecule has 0 fully saturated rings. The van der Waals surface area contributed by atoms with E-state index in [-0.39, 0.29) is 11.4 Å². The van der Waals surface area contributed by atoms with E-state index in [1.165, 1.54) is 18.2 Å². The van der Waals surface area contributed by atoms with Crippen molar-refractivity contribution >= 4 is 28.2 Å². The maximum Gasteiger partial charge on any atom is 0.276 e. The number of nitrogens with zero attached hydrogens (tertiary/aromatic N) is 2. The van der Waals surface area contributed by atoms with Crippen LogP contribution >= 0.6 is 0 Å². The molecule has 3 rings (SSSR count). The van der Waals surface area contributed by atoms with Gasteiger partial charge in [-0.2, -0.15) is 5.10 Å². The molecule has 2 aromatic carbocycles. The van der Waals surface area contributed by atoms with Gasteiger partial charge in [-0.15, -0.1) is 6.42 Å². The van der Waals surface area contributed by atoms with Crippen molar-refractivity contribution in [2.24, 2.45) is 0 Å². The molecule has 7 nitrogen and oxygen atoms in total. The first-order valence-corrected chi connectivity index (χ1v) is 6.59. The molecule has 0 saturated carbocycles. The third kappa shape index (κ3) is 2.73. The Balaban J connectivity index is 1.96. The predicted molar refractivity (Wildman–Crippen MR) is 85.1 cm³/mol. The van der Waals surface area contributed by atoms with E-state index < -0.39 is 10.8 Å². The van der Waals surface area contributed by atoms with Crippen LogP contribution in [0.3, 0.4) is 0 Å². The van der Waals surface area contributed by atoms with Crippen molar-refractivity contribution in [3.8, 4) is 12.3 Å². The Kier molecular flexibility index (Phi) is 3.49. The number of terminal acetylenes is 1. The molecule has 0 aliphatic rings. The maximum atomic E-state index is 12.4. The van der Waals surface area contributed by atoms with Gasteiger partial charge in [0.15, 0.2) is 5.69 Å². The molecule has 1 amide bonds. The Hall–Kier alpha value is -3.66. The van der Waals surface area contributed by atoms with Crippen molar-refractivity contribution in [2.75, 3.05) is 5.32 Å². The smallest absolute Gasteiger partial charge is 0.276 e. The van der Waals surface area contributed by atoms with Crippen LogP contribution in [0, 0.1) is 22.5 Å². The summed E-state index contributed by atoms with van der Waals surface area (Å²) < 4.78 is 0. The SMILES string of the molecule is C#Cc1cccc(NC(=O)c2n[nH]c3ccc([N+](=O)[O-])cc23)c1. The van der Waals surface area contributed by atoms with E-state index in [1.54, 1.807) is 24.3 Å². The van der Waals surface area contributed by atoms with Gasteiger partial charge in [0.25, 0.3) is 11.6 Å². The number of carbonyl (C=O) groups excluding carboxylic acids is 1. The van der Waals surface area contributed by atoms with Gasteiger partial charge in [-0.3, -0.25) is 20.0 Å². The van der Waals surface area contributed by atoms with Crippen LogP contribution in [0.1, 0.15) is 16.1 Å². The van der Waals surface area contributed by atoms with Gasteiger partial charge in [0.05, 0.1) is 10.4 Å². The molecule has 0 aliphatic heterocycles. The van der Waals surface area contributed by atoms with Crippen LogP contribution in [0.15, 0.2) is 42.5 Å². The number of nitro benzene ring substituents is 1. The molecule has 1 heterocycles. The first-order chi connectivity index (χ1) is 11.1. The third-order valence-corrected chi connectivity index (χ3v) is 3.26. The van der Waals surface area contributed by atoms with E-state index in [4.69, 9.17) is 6.42 Å². The number of amides is 1. The molecule has 0 saturated heterocycles. The molecule has 0 bridgehead atoms. The summed E-state index contributed by atoms with van der Waals surface area (Å²) in [5.74, 6) is 2.00. The number of hydrogen-bond donors (Lipinski definition) is 2. The zero-order valence-corrected chi connectivity index (χ0v) is 11.7. The molecule has 0 atom stereocenters. The van der Waals surface area contributed by atoms with E-state index >= 15 is 0 Å². The summed E-state index contributed by atoms with van der Waals surface area (Å²) in [6, 6.07) is 11.0. The lowest BCUT2D eigenvalue weighted by atomic mass is 10.1. The zero-order valence-electron chi connectivity index (χ0n) is 11.7. The van der Waals surface area contributed by atoms with Gasteiger partial charge in [-0.1, -0.05) is 12.0 Å². The summed E-state index contributed by atoms with van der Waals surface area (Å²) in [6.45, 7) is 0. The standard InChI is InChI=1S/C16H10N4O3/c1-2-10-4-3-5-11(8-10)17-16(21)15-13-9-12(20(22)23)6-7-14(13)18-19-15/h1,3-9H,(H,17,21)(H,18,19). The first-order valence-electron chi connectivity index (χ1n) is 6.59. The predicted octanol–water partition coefficient (Wildman–Crippen LogP) is 2.70. The van der Waals surface area contributed by atoms with Crippen LogP contribution in [0.25, 0.3) is 10.9 Å². The Bertz CT molecular complexity index is 969. The number of aromatic amines is 1. The molecule has 0 aliphatic carbocycles. The van der Waals surface area contributed by atoms with E-state index in [0.717, 1.165) is 0 Å². The second-order valence-corrected chi connectivity index (χ2v) is 4.74. The number of rotatable bonds is 3. The van der Waals surface area contributed by atoms with Crippen molar-refractivity contribution in [1.29, 1.82) is 0 Å². The van der Waals surface area contributed by atoms with Gasteiger partial charge in [-0.25, -0.2) is 0 Å².